The Kier molecular flexibility index (Phi) is 5.03. The smallest absolute Gasteiger partial charge is 0.268 e. The molecule has 2 aromatic rings. The second-order valence-electron chi connectivity index (χ2n) is 6.17. The van der Waals surface area contributed by atoms with Crippen LogP contribution in [0.2, 0.25) is 0 Å². The third kappa shape index (κ3) is 3.82. The molecule has 1 aliphatic rings. The second-order valence-corrected chi connectivity index (χ2v) is 6.17. The van der Waals surface area contributed by atoms with Crippen molar-refractivity contribution in [1.82, 2.24) is 5.32 Å². The molecule has 5 nitrogen and oxygen atoms in total. The third-order valence-electron chi connectivity index (χ3n) is 4.22. The number of ether oxygens (including phenoxy) is 1. The van der Waals surface area contributed by atoms with Crippen molar-refractivity contribution in [3.8, 4) is 5.75 Å². The largest absolute Gasteiger partial charge is 0.478 e. The zero-order valence-electron chi connectivity index (χ0n) is 14.5. The highest BCUT2D eigenvalue weighted by molar-refractivity contribution is 6.03. The van der Waals surface area contributed by atoms with Gasteiger partial charge in [-0.2, -0.15) is 0 Å². The monoisotopic (exact) mass is 338 g/mol. The summed E-state index contributed by atoms with van der Waals surface area (Å²) in [6.45, 7) is 4.28. The molecule has 1 atom stereocenters. The lowest BCUT2D eigenvalue weighted by Crippen LogP contribution is -2.49. The van der Waals surface area contributed by atoms with Crippen molar-refractivity contribution in [3.05, 3.63) is 59.7 Å². The van der Waals surface area contributed by atoms with Gasteiger partial charge in [0.1, 0.15) is 12.3 Å². The van der Waals surface area contributed by atoms with E-state index >= 15 is 0 Å². The predicted octanol–water partition coefficient (Wildman–Crippen LogP) is 2.82. The first-order valence-corrected chi connectivity index (χ1v) is 8.47. The maximum atomic E-state index is 12.7. The van der Waals surface area contributed by atoms with Gasteiger partial charge in [-0.25, -0.2) is 0 Å². The number of benzene rings is 2. The van der Waals surface area contributed by atoms with Crippen LogP contribution in [0.3, 0.4) is 0 Å². The van der Waals surface area contributed by atoms with Crippen LogP contribution in [-0.2, 0) is 16.1 Å². The van der Waals surface area contributed by atoms with Crippen LogP contribution in [0, 0.1) is 6.92 Å². The van der Waals surface area contributed by atoms with Crippen molar-refractivity contribution >= 4 is 17.5 Å². The summed E-state index contributed by atoms with van der Waals surface area (Å²) in [7, 11) is 0. The minimum Gasteiger partial charge on any atom is -0.478 e. The zero-order valence-corrected chi connectivity index (χ0v) is 14.5. The number of nitrogens with zero attached hydrogens (tertiary/aromatic N) is 1. The molecule has 1 N–H and O–H groups in total. The molecule has 0 fully saturated rings. The standard InChI is InChI=1S/C20H22N2O3/c1-3-17-20(24)22(16-11-14(2)9-10-18(16)25-17)13-19(23)21-12-15-7-5-4-6-8-15/h4-11,17H,3,12-13H2,1-2H3,(H,21,23)/t17-/m0/s1. The summed E-state index contributed by atoms with van der Waals surface area (Å²) >= 11 is 0. The van der Waals surface area contributed by atoms with Crippen molar-refractivity contribution in [2.75, 3.05) is 11.4 Å². The van der Waals surface area contributed by atoms with E-state index in [9.17, 15) is 9.59 Å². The number of aryl methyl sites for hydroxylation is 1. The molecule has 5 heteroatoms. The van der Waals surface area contributed by atoms with Crippen LogP contribution in [-0.4, -0.2) is 24.5 Å². The van der Waals surface area contributed by atoms with Crippen LogP contribution in [0.5, 0.6) is 5.75 Å². The van der Waals surface area contributed by atoms with E-state index in [1.807, 2.05) is 62.4 Å². The molecule has 3 rings (SSSR count). The van der Waals surface area contributed by atoms with Gasteiger partial charge in [0.25, 0.3) is 5.91 Å². The first kappa shape index (κ1) is 17.0. The lowest BCUT2D eigenvalue weighted by molar-refractivity contribution is -0.129. The zero-order chi connectivity index (χ0) is 17.8. The molecule has 0 radical (unpaired) electrons. The van der Waals surface area contributed by atoms with Crippen molar-refractivity contribution in [2.45, 2.75) is 32.9 Å². The summed E-state index contributed by atoms with van der Waals surface area (Å²) in [6, 6.07) is 15.4. The molecule has 1 aliphatic heterocycles. The van der Waals surface area contributed by atoms with Gasteiger partial charge < -0.3 is 10.1 Å². The van der Waals surface area contributed by atoms with E-state index in [2.05, 4.69) is 5.32 Å². The number of rotatable bonds is 5. The molecule has 2 amide bonds. The van der Waals surface area contributed by atoms with Crippen LogP contribution in [0.25, 0.3) is 0 Å². The number of amides is 2. The molecule has 130 valence electrons. The van der Waals surface area contributed by atoms with Crippen LogP contribution >= 0.6 is 0 Å². The molecular formula is C20H22N2O3. The van der Waals surface area contributed by atoms with Crippen molar-refractivity contribution in [3.63, 3.8) is 0 Å². The highest BCUT2D eigenvalue weighted by Crippen LogP contribution is 2.35. The van der Waals surface area contributed by atoms with Gasteiger partial charge in [0, 0.05) is 6.54 Å². The Morgan fingerprint density at radius 1 is 1.20 bits per heavy atom. The summed E-state index contributed by atoms with van der Waals surface area (Å²) in [6.07, 6.45) is 0.0194. The summed E-state index contributed by atoms with van der Waals surface area (Å²) in [5.41, 5.74) is 2.69. The van der Waals surface area contributed by atoms with Crippen molar-refractivity contribution in [1.29, 1.82) is 0 Å². The minimum absolute atomic E-state index is 0.0119. The summed E-state index contributed by atoms with van der Waals surface area (Å²) in [5, 5.41) is 2.87. The van der Waals surface area contributed by atoms with Gasteiger partial charge in [0.15, 0.2) is 6.10 Å². The number of carbonyl (C=O) groups is 2. The van der Waals surface area contributed by atoms with Crippen LogP contribution < -0.4 is 15.0 Å². The first-order chi connectivity index (χ1) is 12.1. The molecule has 25 heavy (non-hydrogen) atoms. The van der Waals surface area contributed by atoms with Gasteiger partial charge in [-0.1, -0.05) is 43.3 Å². The van der Waals surface area contributed by atoms with Gasteiger partial charge in [-0.15, -0.1) is 0 Å². The molecule has 0 saturated heterocycles. The quantitative estimate of drug-likeness (QED) is 0.912. The number of anilines is 1. The Labute approximate surface area is 147 Å². The van der Waals surface area contributed by atoms with E-state index in [4.69, 9.17) is 4.74 Å². The molecule has 0 aromatic heterocycles. The average molecular weight is 338 g/mol. The molecule has 1 heterocycles. The number of carbonyl (C=O) groups excluding carboxylic acids is 2. The first-order valence-electron chi connectivity index (χ1n) is 8.47. The van der Waals surface area contributed by atoms with Gasteiger partial charge in [0.05, 0.1) is 5.69 Å². The molecule has 0 saturated carbocycles. The maximum absolute atomic E-state index is 12.7. The Morgan fingerprint density at radius 3 is 2.68 bits per heavy atom. The average Bonchev–Trinajstić information content (AvgIpc) is 2.63. The SMILES string of the molecule is CC[C@@H]1Oc2ccc(C)cc2N(CC(=O)NCc2ccccc2)C1=O. The normalized spacial score (nSPS) is 16.2. The molecule has 2 aromatic carbocycles. The molecule has 0 bridgehead atoms. The van der Waals surface area contributed by atoms with E-state index < -0.39 is 6.10 Å². The lowest BCUT2D eigenvalue weighted by atomic mass is 10.1. The van der Waals surface area contributed by atoms with E-state index in [1.54, 1.807) is 0 Å². The minimum atomic E-state index is -0.544. The third-order valence-corrected chi connectivity index (χ3v) is 4.22. The van der Waals surface area contributed by atoms with Crippen molar-refractivity contribution in [2.24, 2.45) is 0 Å². The Balaban J connectivity index is 1.74. The Hall–Kier alpha value is -2.82. The Bertz CT molecular complexity index is 774. The molecule has 0 spiro atoms. The van der Waals surface area contributed by atoms with E-state index in [1.165, 1.54) is 4.90 Å². The number of hydrogen-bond acceptors (Lipinski definition) is 3. The molecule has 0 aliphatic carbocycles. The predicted molar refractivity (Wildman–Crippen MR) is 96.5 cm³/mol. The van der Waals surface area contributed by atoms with Crippen LogP contribution in [0.15, 0.2) is 48.5 Å². The van der Waals surface area contributed by atoms with Gasteiger partial charge in [-0.05, 0) is 36.6 Å². The van der Waals surface area contributed by atoms with Crippen LogP contribution in [0.1, 0.15) is 24.5 Å². The number of fused-ring (bicyclic) bond motifs is 1. The molecular weight excluding hydrogens is 316 g/mol. The fraction of sp³-hybridized carbons (Fsp3) is 0.300. The van der Waals surface area contributed by atoms with E-state index in [0.29, 0.717) is 24.4 Å². The van der Waals surface area contributed by atoms with E-state index in [-0.39, 0.29) is 18.4 Å². The maximum Gasteiger partial charge on any atom is 0.268 e. The molecule has 0 unspecified atom stereocenters. The van der Waals surface area contributed by atoms with E-state index in [0.717, 1.165) is 11.1 Å². The van der Waals surface area contributed by atoms with Gasteiger partial charge in [0.2, 0.25) is 5.91 Å². The van der Waals surface area contributed by atoms with Crippen LogP contribution in [0.4, 0.5) is 5.69 Å². The summed E-state index contributed by atoms with van der Waals surface area (Å²) in [5.74, 6) is 0.282. The Morgan fingerprint density at radius 2 is 1.96 bits per heavy atom. The van der Waals surface area contributed by atoms with Gasteiger partial charge >= 0.3 is 0 Å². The van der Waals surface area contributed by atoms with Gasteiger partial charge in [-0.3, -0.25) is 14.5 Å². The summed E-state index contributed by atoms with van der Waals surface area (Å²) < 4.78 is 5.77. The summed E-state index contributed by atoms with van der Waals surface area (Å²) in [4.78, 5) is 26.6. The fourth-order valence-electron chi connectivity index (χ4n) is 2.85. The fourth-order valence-corrected chi connectivity index (χ4v) is 2.85. The lowest BCUT2D eigenvalue weighted by Gasteiger charge is -2.33. The number of nitrogens with one attached hydrogen (secondary N) is 1. The highest BCUT2D eigenvalue weighted by Gasteiger charge is 2.34. The number of hydrogen-bond donors (Lipinski definition) is 1. The highest BCUT2D eigenvalue weighted by atomic mass is 16.5. The topological polar surface area (TPSA) is 58.6 Å². The van der Waals surface area contributed by atoms with Crippen molar-refractivity contribution < 1.29 is 14.3 Å². The second kappa shape index (κ2) is 7.38.